The number of carbonyl (C=O) groups excluding carboxylic acids is 1. The lowest BCUT2D eigenvalue weighted by Crippen LogP contribution is -2.25. The summed E-state index contributed by atoms with van der Waals surface area (Å²) in [6, 6.07) is 7.25. The average Bonchev–Trinajstić information content (AvgIpc) is 2.26. The fourth-order valence-electron chi connectivity index (χ4n) is 1.33. The molecule has 0 aliphatic heterocycles. The van der Waals surface area contributed by atoms with Crippen LogP contribution < -0.4 is 4.74 Å². The number of esters is 1. The second-order valence-corrected chi connectivity index (χ2v) is 5.88. The molecular formula is C12H13Cl3O2. The van der Waals surface area contributed by atoms with Crippen LogP contribution >= 0.6 is 34.8 Å². The predicted octanol–water partition coefficient (Wildman–Crippen LogP) is 4.30. The molecule has 0 heterocycles. The summed E-state index contributed by atoms with van der Waals surface area (Å²) in [5.74, 6) is -0.427. The molecule has 0 saturated carbocycles. The van der Waals surface area contributed by atoms with Crippen molar-refractivity contribution in [3.05, 3.63) is 29.8 Å². The van der Waals surface area contributed by atoms with Crippen molar-refractivity contribution < 1.29 is 9.53 Å². The van der Waals surface area contributed by atoms with E-state index in [9.17, 15) is 4.79 Å². The molecule has 0 fully saturated rings. The number of rotatable bonds is 4. The van der Waals surface area contributed by atoms with Crippen LogP contribution in [0, 0.1) is 0 Å². The van der Waals surface area contributed by atoms with Crippen molar-refractivity contribution in [1.29, 1.82) is 0 Å². The Morgan fingerprint density at radius 2 is 1.94 bits per heavy atom. The van der Waals surface area contributed by atoms with E-state index in [1.807, 2.05) is 12.1 Å². The van der Waals surface area contributed by atoms with E-state index < -0.39 is 9.76 Å². The maximum atomic E-state index is 11.4. The molecule has 0 spiro atoms. The Hall–Kier alpha value is -0.440. The van der Waals surface area contributed by atoms with Gasteiger partial charge in [-0.1, -0.05) is 66.3 Å². The van der Waals surface area contributed by atoms with Gasteiger partial charge in [-0.25, -0.2) is 4.79 Å². The van der Waals surface area contributed by atoms with Crippen LogP contribution in [0.25, 0.3) is 0 Å². The van der Waals surface area contributed by atoms with E-state index in [0.717, 1.165) is 24.8 Å². The topological polar surface area (TPSA) is 26.3 Å². The lowest BCUT2D eigenvalue weighted by Gasteiger charge is -2.13. The van der Waals surface area contributed by atoms with Crippen molar-refractivity contribution in [3.8, 4) is 5.75 Å². The largest absolute Gasteiger partial charge is 0.423 e. The van der Waals surface area contributed by atoms with Crippen molar-refractivity contribution in [1.82, 2.24) is 0 Å². The number of halogens is 3. The molecule has 1 aromatic rings. The number of benzene rings is 1. The van der Waals surface area contributed by atoms with Gasteiger partial charge in [-0.2, -0.15) is 0 Å². The predicted molar refractivity (Wildman–Crippen MR) is 71.0 cm³/mol. The van der Waals surface area contributed by atoms with Crippen molar-refractivity contribution in [2.75, 3.05) is 0 Å². The zero-order valence-corrected chi connectivity index (χ0v) is 11.6. The molecule has 0 aromatic heterocycles. The van der Waals surface area contributed by atoms with Crippen molar-refractivity contribution in [3.63, 3.8) is 0 Å². The number of unbranched alkanes of at least 4 members (excludes halogenated alkanes) is 1. The highest BCUT2D eigenvalue weighted by Gasteiger charge is 2.33. The summed E-state index contributed by atoms with van der Waals surface area (Å²) in [6.07, 6.45) is 2.91. The maximum Gasteiger partial charge on any atom is 0.363 e. The fourth-order valence-corrected chi connectivity index (χ4v) is 1.45. The molecule has 5 heteroatoms. The van der Waals surface area contributed by atoms with E-state index >= 15 is 0 Å². The van der Waals surface area contributed by atoms with Crippen LogP contribution in [0.2, 0.25) is 0 Å². The van der Waals surface area contributed by atoms with Crippen LogP contribution in [-0.2, 0) is 11.2 Å². The highest BCUT2D eigenvalue weighted by atomic mass is 35.6. The van der Waals surface area contributed by atoms with Crippen LogP contribution in [0.5, 0.6) is 5.75 Å². The Bertz CT molecular complexity index is 386. The average molecular weight is 296 g/mol. The molecule has 0 bridgehead atoms. The van der Waals surface area contributed by atoms with E-state index in [4.69, 9.17) is 39.5 Å². The number of aryl methyl sites for hydroxylation is 1. The van der Waals surface area contributed by atoms with Crippen LogP contribution in [0.15, 0.2) is 24.3 Å². The third-order valence-corrected chi connectivity index (χ3v) is 2.67. The third-order valence-electron chi connectivity index (χ3n) is 2.21. The van der Waals surface area contributed by atoms with Crippen LogP contribution in [0.3, 0.4) is 0 Å². The van der Waals surface area contributed by atoms with Gasteiger partial charge < -0.3 is 4.74 Å². The number of hydrogen-bond acceptors (Lipinski definition) is 2. The van der Waals surface area contributed by atoms with E-state index in [1.165, 1.54) is 0 Å². The van der Waals surface area contributed by atoms with Gasteiger partial charge in [0.2, 0.25) is 0 Å². The van der Waals surface area contributed by atoms with E-state index in [-0.39, 0.29) is 0 Å². The number of carbonyl (C=O) groups is 1. The summed E-state index contributed by atoms with van der Waals surface area (Å²) < 4.78 is 3.03. The smallest absolute Gasteiger partial charge is 0.363 e. The molecule has 0 amide bonds. The molecule has 2 nitrogen and oxygen atoms in total. The van der Waals surface area contributed by atoms with E-state index in [0.29, 0.717) is 5.75 Å². The first-order chi connectivity index (χ1) is 7.95. The molecule has 0 N–H and O–H groups in total. The summed E-state index contributed by atoms with van der Waals surface area (Å²) >= 11 is 16.3. The molecule has 1 aromatic carbocycles. The van der Waals surface area contributed by atoms with Crippen LogP contribution in [-0.4, -0.2) is 9.76 Å². The van der Waals surface area contributed by atoms with Crippen molar-refractivity contribution >= 4 is 40.8 Å². The molecule has 0 unspecified atom stereocenters. The van der Waals surface area contributed by atoms with Crippen molar-refractivity contribution in [2.45, 2.75) is 30.0 Å². The van der Waals surface area contributed by atoms with Gasteiger partial charge >= 0.3 is 5.97 Å². The van der Waals surface area contributed by atoms with Gasteiger partial charge in [-0.3, -0.25) is 0 Å². The first kappa shape index (κ1) is 14.6. The summed E-state index contributed by atoms with van der Waals surface area (Å²) in [4.78, 5) is 11.4. The van der Waals surface area contributed by atoms with Gasteiger partial charge in [-0.15, -0.1) is 0 Å². The minimum atomic E-state index is -2.04. The summed E-state index contributed by atoms with van der Waals surface area (Å²) in [5, 5.41) is 0. The van der Waals surface area contributed by atoms with Gasteiger partial charge in [0.05, 0.1) is 0 Å². The number of ether oxygens (including phenoxy) is 1. The first-order valence-electron chi connectivity index (χ1n) is 5.32. The summed E-state index contributed by atoms with van der Waals surface area (Å²) in [7, 11) is 0. The molecule has 17 heavy (non-hydrogen) atoms. The Labute approximate surface area is 116 Å². The summed E-state index contributed by atoms with van der Waals surface area (Å²) in [5.41, 5.74) is 0.942. The Kier molecular flexibility index (Phi) is 5.57. The first-order valence-corrected chi connectivity index (χ1v) is 6.45. The molecule has 0 aliphatic carbocycles. The number of para-hydroxylation sites is 1. The molecule has 0 aliphatic rings. The Morgan fingerprint density at radius 1 is 1.29 bits per heavy atom. The normalized spacial score (nSPS) is 11.3. The quantitative estimate of drug-likeness (QED) is 0.470. The fraction of sp³-hybridized carbons (Fsp3) is 0.417. The lowest BCUT2D eigenvalue weighted by molar-refractivity contribution is -0.133. The van der Waals surface area contributed by atoms with Gasteiger partial charge in [0, 0.05) is 0 Å². The molecule has 0 atom stereocenters. The monoisotopic (exact) mass is 294 g/mol. The van der Waals surface area contributed by atoms with E-state index in [1.54, 1.807) is 12.1 Å². The van der Waals surface area contributed by atoms with Gasteiger partial charge in [0.25, 0.3) is 3.79 Å². The Balaban J connectivity index is 2.80. The van der Waals surface area contributed by atoms with Gasteiger partial charge in [0.1, 0.15) is 5.75 Å². The van der Waals surface area contributed by atoms with Crippen LogP contribution in [0.1, 0.15) is 25.3 Å². The standard InChI is InChI=1S/C12H13Cl3O2/c1-2-3-6-9-7-4-5-8-10(9)17-11(16)12(13,14)15/h4-5,7-8H,2-3,6H2,1H3. The molecular weight excluding hydrogens is 282 g/mol. The second-order valence-electron chi connectivity index (χ2n) is 3.60. The lowest BCUT2D eigenvalue weighted by atomic mass is 10.1. The van der Waals surface area contributed by atoms with Crippen LogP contribution in [0.4, 0.5) is 0 Å². The maximum absolute atomic E-state index is 11.4. The highest BCUT2D eigenvalue weighted by molar-refractivity contribution is 6.75. The number of hydrogen-bond donors (Lipinski definition) is 0. The number of alkyl halides is 3. The molecule has 94 valence electrons. The summed E-state index contributed by atoms with van der Waals surface area (Å²) in [6.45, 7) is 2.09. The minimum absolute atomic E-state index is 0.456. The van der Waals surface area contributed by atoms with Crippen molar-refractivity contribution in [2.24, 2.45) is 0 Å². The Morgan fingerprint density at radius 3 is 2.53 bits per heavy atom. The molecule has 0 saturated heterocycles. The molecule has 1 rings (SSSR count). The SMILES string of the molecule is CCCCc1ccccc1OC(=O)C(Cl)(Cl)Cl. The minimum Gasteiger partial charge on any atom is -0.423 e. The third kappa shape index (κ3) is 4.74. The highest BCUT2D eigenvalue weighted by Crippen LogP contribution is 2.30. The zero-order valence-electron chi connectivity index (χ0n) is 9.38. The van der Waals surface area contributed by atoms with E-state index in [2.05, 4.69) is 6.92 Å². The van der Waals surface area contributed by atoms with Gasteiger partial charge in [0.15, 0.2) is 0 Å². The molecule has 0 radical (unpaired) electrons. The zero-order chi connectivity index (χ0) is 12.9. The van der Waals surface area contributed by atoms with Gasteiger partial charge in [-0.05, 0) is 24.5 Å². The second kappa shape index (κ2) is 6.48.